The molecule has 2 amide bonds. The van der Waals surface area contributed by atoms with Crippen molar-refractivity contribution in [2.24, 2.45) is 5.73 Å². The largest absolute Gasteiger partial charge is 0.354 e. The first-order valence-corrected chi connectivity index (χ1v) is 9.46. The van der Waals surface area contributed by atoms with Crippen molar-refractivity contribution in [1.29, 1.82) is 0 Å². The fraction of sp³-hybridized carbons (Fsp3) is 0.421. The number of carbonyl (C=O) groups is 2. The summed E-state index contributed by atoms with van der Waals surface area (Å²) in [5.41, 5.74) is 6.74. The molecule has 1 fully saturated rings. The van der Waals surface area contributed by atoms with Gasteiger partial charge >= 0.3 is 0 Å². The molecule has 144 valence electrons. The number of amides is 2. The number of aromatic nitrogens is 1. The molecule has 7 nitrogen and oxygen atoms in total. The van der Waals surface area contributed by atoms with Gasteiger partial charge in [0.2, 0.25) is 11.7 Å². The average Bonchev–Trinajstić information content (AvgIpc) is 3.16. The molecular formula is C19H23ClN4O3. The van der Waals surface area contributed by atoms with Gasteiger partial charge in [-0.05, 0) is 31.4 Å². The van der Waals surface area contributed by atoms with Crippen LogP contribution in [0.5, 0.6) is 0 Å². The summed E-state index contributed by atoms with van der Waals surface area (Å²) in [6, 6.07) is 8.78. The van der Waals surface area contributed by atoms with Crippen LogP contribution in [-0.2, 0) is 4.79 Å². The summed E-state index contributed by atoms with van der Waals surface area (Å²) in [6.07, 6.45) is 3.06. The molecule has 27 heavy (non-hydrogen) atoms. The van der Waals surface area contributed by atoms with Crippen LogP contribution >= 0.6 is 11.6 Å². The van der Waals surface area contributed by atoms with Gasteiger partial charge in [-0.2, -0.15) is 0 Å². The van der Waals surface area contributed by atoms with Gasteiger partial charge in [0.05, 0.1) is 0 Å². The van der Waals surface area contributed by atoms with E-state index in [1.54, 1.807) is 23.1 Å². The first-order valence-electron chi connectivity index (χ1n) is 9.09. The van der Waals surface area contributed by atoms with E-state index in [9.17, 15) is 9.59 Å². The van der Waals surface area contributed by atoms with Gasteiger partial charge in [0.15, 0.2) is 0 Å². The zero-order valence-electron chi connectivity index (χ0n) is 15.0. The summed E-state index contributed by atoms with van der Waals surface area (Å²) >= 11 is 6.01. The van der Waals surface area contributed by atoms with Gasteiger partial charge < -0.3 is 20.5 Å². The quantitative estimate of drug-likeness (QED) is 0.788. The van der Waals surface area contributed by atoms with Crippen molar-refractivity contribution in [2.45, 2.75) is 31.7 Å². The van der Waals surface area contributed by atoms with Gasteiger partial charge in [-0.15, -0.1) is 0 Å². The van der Waals surface area contributed by atoms with Crippen molar-refractivity contribution in [3.05, 3.63) is 41.1 Å². The number of halogens is 1. The lowest BCUT2D eigenvalue weighted by molar-refractivity contribution is -0.121. The summed E-state index contributed by atoms with van der Waals surface area (Å²) in [5, 5.41) is 7.45. The van der Waals surface area contributed by atoms with Gasteiger partial charge in [-0.25, -0.2) is 0 Å². The van der Waals surface area contributed by atoms with Gasteiger partial charge in [0.25, 0.3) is 5.91 Å². The monoisotopic (exact) mass is 390 g/mol. The van der Waals surface area contributed by atoms with Crippen LogP contribution in [0.2, 0.25) is 5.02 Å². The fourth-order valence-corrected chi connectivity index (χ4v) is 3.42. The topological polar surface area (TPSA) is 101 Å². The number of nitrogens with one attached hydrogen (secondary N) is 1. The number of hydrogen-bond donors (Lipinski definition) is 2. The van der Waals surface area contributed by atoms with Crippen molar-refractivity contribution >= 4 is 23.4 Å². The minimum Gasteiger partial charge on any atom is -0.354 e. The zero-order chi connectivity index (χ0) is 19.2. The molecule has 1 aromatic carbocycles. The summed E-state index contributed by atoms with van der Waals surface area (Å²) < 4.78 is 5.30. The highest BCUT2D eigenvalue weighted by Gasteiger charge is 2.30. The maximum atomic E-state index is 12.9. The molecule has 1 atom stereocenters. The third kappa shape index (κ3) is 4.87. The Kier molecular flexibility index (Phi) is 6.47. The first kappa shape index (κ1) is 19.4. The normalized spacial score (nSPS) is 17.0. The van der Waals surface area contributed by atoms with E-state index >= 15 is 0 Å². The van der Waals surface area contributed by atoms with E-state index in [4.69, 9.17) is 21.9 Å². The average molecular weight is 391 g/mol. The third-order valence-corrected chi connectivity index (χ3v) is 4.87. The molecule has 8 heteroatoms. The molecule has 3 N–H and O–H groups in total. The number of carbonyl (C=O) groups excluding carboxylic acids is 2. The van der Waals surface area contributed by atoms with Crippen LogP contribution in [0.25, 0.3) is 11.3 Å². The Morgan fingerprint density at radius 3 is 2.96 bits per heavy atom. The Balaban J connectivity index is 1.70. The maximum absolute atomic E-state index is 12.9. The molecule has 2 heterocycles. The van der Waals surface area contributed by atoms with Crippen molar-refractivity contribution in [1.82, 2.24) is 15.4 Å². The molecule has 0 spiro atoms. The van der Waals surface area contributed by atoms with Crippen LogP contribution in [0, 0.1) is 0 Å². The molecule has 1 aliphatic rings. The van der Waals surface area contributed by atoms with Crippen molar-refractivity contribution in [2.75, 3.05) is 19.6 Å². The minimum atomic E-state index is -0.214. The predicted molar refractivity (Wildman–Crippen MR) is 102 cm³/mol. The lowest BCUT2D eigenvalue weighted by Crippen LogP contribution is -2.49. The summed E-state index contributed by atoms with van der Waals surface area (Å²) in [6.45, 7) is 1.35. The second-order valence-corrected chi connectivity index (χ2v) is 7.01. The molecule has 0 aliphatic carbocycles. The van der Waals surface area contributed by atoms with E-state index in [1.807, 2.05) is 12.1 Å². The molecule has 0 radical (unpaired) electrons. The fourth-order valence-electron chi connectivity index (χ4n) is 3.23. The van der Waals surface area contributed by atoms with Crippen LogP contribution < -0.4 is 11.1 Å². The number of rotatable bonds is 6. The molecule has 2 aromatic rings. The van der Waals surface area contributed by atoms with Crippen LogP contribution in [0.4, 0.5) is 0 Å². The molecule has 1 aromatic heterocycles. The highest BCUT2D eigenvalue weighted by Crippen LogP contribution is 2.25. The lowest BCUT2D eigenvalue weighted by Gasteiger charge is -2.35. The number of nitrogens with zero attached hydrogens (tertiary/aromatic N) is 2. The van der Waals surface area contributed by atoms with E-state index < -0.39 is 0 Å². The molecule has 1 aliphatic heterocycles. The molecule has 0 saturated carbocycles. The van der Waals surface area contributed by atoms with E-state index in [2.05, 4.69) is 10.5 Å². The van der Waals surface area contributed by atoms with Gasteiger partial charge in [-0.3, -0.25) is 9.59 Å². The Labute approximate surface area is 162 Å². The van der Waals surface area contributed by atoms with Gasteiger partial charge in [-0.1, -0.05) is 28.9 Å². The Bertz CT molecular complexity index is 808. The van der Waals surface area contributed by atoms with E-state index in [-0.39, 0.29) is 30.0 Å². The van der Waals surface area contributed by atoms with E-state index in [1.165, 1.54) is 0 Å². The van der Waals surface area contributed by atoms with Gasteiger partial charge in [0, 0.05) is 48.7 Å². The number of piperidine rings is 1. The second-order valence-electron chi connectivity index (χ2n) is 6.58. The van der Waals surface area contributed by atoms with Gasteiger partial charge in [0.1, 0.15) is 5.69 Å². The molecule has 1 unspecified atom stereocenters. The zero-order valence-corrected chi connectivity index (χ0v) is 15.7. The third-order valence-electron chi connectivity index (χ3n) is 4.64. The standard InChI is InChI=1S/C19H23ClN4O3/c20-14-5-3-4-13(10-14)16-11-17(27-23-16)19(26)24-9-2-1-6-15(24)12-22-18(25)7-8-21/h3-5,10-11,15H,1-2,6-9,12,21H2,(H,22,25). The van der Waals surface area contributed by atoms with Crippen LogP contribution in [0.3, 0.4) is 0 Å². The van der Waals surface area contributed by atoms with Crippen molar-refractivity contribution in [3.63, 3.8) is 0 Å². The van der Waals surface area contributed by atoms with E-state index in [0.717, 1.165) is 24.8 Å². The molecule has 3 rings (SSSR count). The molecule has 0 bridgehead atoms. The second kappa shape index (κ2) is 9.01. The predicted octanol–water partition coefficient (Wildman–Crippen LogP) is 2.45. The first-order chi connectivity index (χ1) is 13.1. The lowest BCUT2D eigenvalue weighted by atomic mass is 10.0. The SMILES string of the molecule is NCCC(=O)NCC1CCCCN1C(=O)c1cc(-c2cccc(Cl)c2)no1. The number of benzene rings is 1. The molecular weight excluding hydrogens is 368 g/mol. The Hall–Kier alpha value is -2.38. The molecule has 1 saturated heterocycles. The smallest absolute Gasteiger partial charge is 0.292 e. The number of hydrogen-bond acceptors (Lipinski definition) is 5. The Morgan fingerprint density at radius 1 is 1.33 bits per heavy atom. The summed E-state index contributed by atoms with van der Waals surface area (Å²) in [7, 11) is 0. The van der Waals surface area contributed by atoms with Crippen LogP contribution in [0.1, 0.15) is 36.2 Å². The van der Waals surface area contributed by atoms with Crippen molar-refractivity contribution in [3.8, 4) is 11.3 Å². The van der Waals surface area contributed by atoms with Crippen LogP contribution in [-0.4, -0.2) is 47.5 Å². The highest BCUT2D eigenvalue weighted by molar-refractivity contribution is 6.30. The van der Waals surface area contributed by atoms with Crippen LogP contribution in [0.15, 0.2) is 34.9 Å². The number of likely N-dealkylation sites (tertiary alicyclic amines) is 1. The minimum absolute atomic E-state index is 0.0623. The van der Waals surface area contributed by atoms with E-state index in [0.29, 0.717) is 30.4 Å². The summed E-state index contributed by atoms with van der Waals surface area (Å²) in [5.74, 6) is -0.128. The highest BCUT2D eigenvalue weighted by atomic mass is 35.5. The Morgan fingerprint density at radius 2 is 2.19 bits per heavy atom. The number of nitrogens with two attached hydrogens (primary N) is 1. The maximum Gasteiger partial charge on any atom is 0.292 e. The van der Waals surface area contributed by atoms with Crippen molar-refractivity contribution < 1.29 is 14.1 Å². The summed E-state index contributed by atoms with van der Waals surface area (Å²) in [4.78, 5) is 26.4.